The van der Waals surface area contributed by atoms with Crippen molar-refractivity contribution in [1.82, 2.24) is 10.2 Å². The zero-order chi connectivity index (χ0) is 26.2. The van der Waals surface area contributed by atoms with E-state index in [0.29, 0.717) is 22.3 Å². The summed E-state index contributed by atoms with van der Waals surface area (Å²) in [6.45, 7) is 5.40. The average molecular weight is 569 g/mol. The molecule has 8 nitrogen and oxygen atoms in total. The van der Waals surface area contributed by atoms with E-state index in [1.165, 1.54) is 4.90 Å². The van der Waals surface area contributed by atoms with E-state index in [-0.39, 0.29) is 18.5 Å². The van der Waals surface area contributed by atoms with E-state index in [1.807, 2.05) is 32.9 Å². The maximum Gasteiger partial charge on any atom is 0.244 e. The molecule has 0 unspecified atom stereocenters. The molecule has 2 rings (SSSR count). The minimum atomic E-state index is -3.79. The van der Waals surface area contributed by atoms with Crippen molar-refractivity contribution >= 4 is 43.5 Å². The lowest BCUT2D eigenvalue weighted by molar-refractivity contribution is -0.140. The van der Waals surface area contributed by atoms with Crippen LogP contribution in [0.3, 0.4) is 0 Å². The normalized spacial score (nSPS) is 13.0. The van der Waals surface area contributed by atoms with E-state index >= 15 is 0 Å². The van der Waals surface area contributed by atoms with Gasteiger partial charge in [0, 0.05) is 17.1 Å². The van der Waals surface area contributed by atoms with E-state index in [0.717, 1.165) is 22.5 Å². The number of methoxy groups -OCH3 is 1. The number of sulfonamides is 1. The Bertz CT molecular complexity index is 1110. The number of hydrogen-bond donors (Lipinski definition) is 1. The van der Waals surface area contributed by atoms with Crippen LogP contribution in [0.5, 0.6) is 5.75 Å². The Kier molecular flexibility index (Phi) is 10.6. The molecule has 35 heavy (non-hydrogen) atoms. The Balaban J connectivity index is 2.44. The van der Waals surface area contributed by atoms with Crippen LogP contribution in [0.4, 0.5) is 5.69 Å². The fourth-order valence-corrected chi connectivity index (χ4v) is 5.01. The summed E-state index contributed by atoms with van der Waals surface area (Å²) in [6.07, 6.45) is 2.18. The van der Waals surface area contributed by atoms with E-state index < -0.39 is 28.5 Å². The van der Waals surface area contributed by atoms with Crippen molar-refractivity contribution in [2.45, 2.75) is 52.2 Å². The fourth-order valence-electron chi connectivity index (χ4n) is 3.54. The number of hydrogen-bond acceptors (Lipinski definition) is 5. The smallest absolute Gasteiger partial charge is 0.244 e. The standard InChI is InChI=1S/C25H34BrN3O5S/c1-6-18(3)27-25(31)22(7-2)28(16-19-12-14-20(34-4)15-13-19)24(30)17-29(35(5,32)33)23-11-9-8-10-21(23)26/h8-15,18,22H,6-7,16-17H2,1-5H3,(H,27,31)/t18-,22-/m0/s1. The summed E-state index contributed by atoms with van der Waals surface area (Å²) >= 11 is 3.38. The largest absolute Gasteiger partial charge is 0.497 e. The predicted octanol–water partition coefficient (Wildman–Crippen LogP) is 3.95. The molecule has 0 aliphatic heterocycles. The van der Waals surface area contributed by atoms with Gasteiger partial charge >= 0.3 is 0 Å². The summed E-state index contributed by atoms with van der Waals surface area (Å²) in [7, 11) is -2.22. The van der Waals surface area contributed by atoms with Crippen LogP contribution in [0.2, 0.25) is 0 Å². The fraction of sp³-hybridized carbons (Fsp3) is 0.440. The lowest BCUT2D eigenvalue weighted by atomic mass is 10.1. The Labute approximate surface area is 216 Å². The summed E-state index contributed by atoms with van der Waals surface area (Å²) in [5.74, 6) is -0.0750. The number of carbonyl (C=O) groups is 2. The Morgan fingerprint density at radius 1 is 1.06 bits per heavy atom. The summed E-state index contributed by atoms with van der Waals surface area (Å²) in [5, 5.41) is 2.95. The molecule has 0 saturated carbocycles. The van der Waals surface area contributed by atoms with Gasteiger partial charge in [-0.05, 0) is 65.5 Å². The monoisotopic (exact) mass is 567 g/mol. The van der Waals surface area contributed by atoms with Crippen molar-refractivity contribution in [3.8, 4) is 5.75 Å². The minimum absolute atomic E-state index is 0.0534. The molecule has 0 spiro atoms. The first-order chi connectivity index (χ1) is 16.5. The van der Waals surface area contributed by atoms with Gasteiger partial charge in [-0.25, -0.2) is 8.42 Å². The highest BCUT2D eigenvalue weighted by molar-refractivity contribution is 9.10. The van der Waals surface area contributed by atoms with Crippen LogP contribution >= 0.6 is 15.9 Å². The van der Waals surface area contributed by atoms with Gasteiger partial charge in [0.25, 0.3) is 0 Å². The van der Waals surface area contributed by atoms with Crippen LogP contribution in [0, 0.1) is 0 Å². The van der Waals surface area contributed by atoms with Gasteiger partial charge in [0.1, 0.15) is 18.3 Å². The van der Waals surface area contributed by atoms with Gasteiger partial charge in [0.2, 0.25) is 21.8 Å². The summed E-state index contributed by atoms with van der Waals surface area (Å²) in [4.78, 5) is 28.2. The number of nitrogens with one attached hydrogen (secondary N) is 1. The van der Waals surface area contributed by atoms with Crippen molar-refractivity contribution in [1.29, 1.82) is 0 Å². The molecule has 0 aliphatic carbocycles. The molecule has 0 aromatic heterocycles. The molecule has 2 atom stereocenters. The number of halogens is 1. The lowest BCUT2D eigenvalue weighted by Gasteiger charge is -2.33. The molecule has 192 valence electrons. The third kappa shape index (κ3) is 7.96. The molecular weight excluding hydrogens is 534 g/mol. The highest BCUT2D eigenvalue weighted by atomic mass is 79.9. The van der Waals surface area contributed by atoms with Crippen LogP contribution < -0.4 is 14.4 Å². The van der Waals surface area contributed by atoms with E-state index in [9.17, 15) is 18.0 Å². The molecule has 10 heteroatoms. The zero-order valence-corrected chi connectivity index (χ0v) is 23.2. The van der Waals surface area contributed by atoms with Gasteiger partial charge in [-0.15, -0.1) is 0 Å². The number of nitrogens with zero attached hydrogens (tertiary/aromatic N) is 2. The number of rotatable bonds is 12. The highest BCUT2D eigenvalue weighted by Gasteiger charge is 2.32. The van der Waals surface area contributed by atoms with Crippen molar-refractivity contribution in [2.75, 3.05) is 24.2 Å². The van der Waals surface area contributed by atoms with Gasteiger partial charge < -0.3 is 15.0 Å². The van der Waals surface area contributed by atoms with Crippen molar-refractivity contribution < 1.29 is 22.7 Å². The van der Waals surface area contributed by atoms with Crippen molar-refractivity contribution in [3.05, 3.63) is 58.6 Å². The first-order valence-corrected chi connectivity index (χ1v) is 14.1. The third-order valence-electron chi connectivity index (χ3n) is 5.70. The summed E-state index contributed by atoms with van der Waals surface area (Å²) < 4.78 is 32.2. The first kappa shape index (κ1) is 28.6. The molecule has 0 radical (unpaired) electrons. The Hall–Kier alpha value is -2.59. The van der Waals surface area contributed by atoms with Crippen LogP contribution in [-0.2, 0) is 26.2 Å². The maximum absolute atomic E-state index is 13.7. The molecule has 0 saturated heterocycles. The molecule has 2 amide bonds. The molecule has 2 aromatic rings. The Morgan fingerprint density at radius 3 is 2.20 bits per heavy atom. The molecular formula is C25H34BrN3O5S. The van der Waals surface area contributed by atoms with Gasteiger partial charge in [0.05, 0.1) is 19.1 Å². The molecule has 0 fully saturated rings. The summed E-state index contributed by atoms with van der Waals surface area (Å²) in [6, 6.07) is 13.2. The van der Waals surface area contributed by atoms with Gasteiger partial charge in [-0.2, -0.15) is 0 Å². The number of ether oxygens (including phenoxy) is 1. The number of benzene rings is 2. The minimum Gasteiger partial charge on any atom is -0.497 e. The highest BCUT2D eigenvalue weighted by Crippen LogP contribution is 2.28. The summed E-state index contributed by atoms with van der Waals surface area (Å²) in [5.41, 5.74) is 1.14. The Morgan fingerprint density at radius 2 is 1.69 bits per heavy atom. The van der Waals surface area contributed by atoms with Crippen molar-refractivity contribution in [3.63, 3.8) is 0 Å². The number of amides is 2. The quantitative estimate of drug-likeness (QED) is 0.419. The number of anilines is 1. The SMILES string of the molecule is CC[C@H](C)NC(=O)[C@H](CC)N(Cc1ccc(OC)cc1)C(=O)CN(c1ccccc1Br)S(C)(=O)=O. The first-order valence-electron chi connectivity index (χ1n) is 11.5. The molecule has 0 bridgehead atoms. The van der Waals surface area contributed by atoms with E-state index in [2.05, 4.69) is 21.2 Å². The topological polar surface area (TPSA) is 96.0 Å². The van der Waals surface area contributed by atoms with Crippen LogP contribution in [0.25, 0.3) is 0 Å². The predicted molar refractivity (Wildman–Crippen MR) is 142 cm³/mol. The zero-order valence-electron chi connectivity index (χ0n) is 20.8. The number of carbonyl (C=O) groups excluding carboxylic acids is 2. The molecule has 0 aliphatic rings. The van der Waals surface area contributed by atoms with Gasteiger partial charge in [0.15, 0.2) is 0 Å². The van der Waals surface area contributed by atoms with Gasteiger partial charge in [-0.3, -0.25) is 13.9 Å². The van der Waals surface area contributed by atoms with Crippen molar-refractivity contribution in [2.24, 2.45) is 0 Å². The molecule has 1 N–H and O–H groups in total. The lowest BCUT2D eigenvalue weighted by Crippen LogP contribution is -2.53. The van der Waals surface area contributed by atoms with Crippen LogP contribution in [0.1, 0.15) is 39.2 Å². The third-order valence-corrected chi connectivity index (χ3v) is 7.50. The second-order valence-electron chi connectivity index (χ2n) is 8.33. The van der Waals surface area contributed by atoms with E-state index in [1.54, 1.807) is 43.5 Å². The van der Waals surface area contributed by atoms with Crippen LogP contribution in [-0.4, -0.2) is 57.1 Å². The van der Waals surface area contributed by atoms with Gasteiger partial charge in [-0.1, -0.05) is 38.1 Å². The molecule has 0 heterocycles. The average Bonchev–Trinajstić information content (AvgIpc) is 2.82. The molecule has 2 aromatic carbocycles. The van der Waals surface area contributed by atoms with E-state index in [4.69, 9.17) is 4.74 Å². The second-order valence-corrected chi connectivity index (χ2v) is 11.1. The maximum atomic E-state index is 13.7. The van der Waals surface area contributed by atoms with Crippen LogP contribution in [0.15, 0.2) is 53.0 Å². The number of para-hydroxylation sites is 1. The second kappa shape index (κ2) is 12.9.